The minimum atomic E-state index is -0.203. The molecule has 2 aromatic rings. The SMILES string of the molecule is C=C(/N=C1/C(OC2CCC(O)CC2)=CC=C/C1=C/C)Nc1ccc2nc[nH]c2c1. The predicted octanol–water partition coefficient (Wildman–Crippen LogP) is 4.61. The van der Waals surface area contributed by atoms with E-state index in [-0.39, 0.29) is 12.2 Å². The van der Waals surface area contributed by atoms with Gasteiger partial charge >= 0.3 is 0 Å². The Balaban J connectivity index is 1.51. The van der Waals surface area contributed by atoms with Crippen molar-refractivity contribution in [3.05, 3.63) is 72.6 Å². The third-order valence-corrected chi connectivity index (χ3v) is 5.23. The average Bonchev–Trinajstić information content (AvgIpc) is 3.18. The van der Waals surface area contributed by atoms with E-state index in [2.05, 4.69) is 21.9 Å². The standard InChI is InChI=1S/C23H26N4O2/c1-3-16-5-4-6-22(29-19-10-8-18(28)9-11-19)23(16)27-15(2)26-17-7-12-20-21(13-17)25-14-24-20/h3-7,12-14,18-19,26,28H,2,8-11H2,1H3,(H,24,25)/b16-3-,27-23+. The largest absolute Gasteiger partial charge is 0.488 e. The van der Waals surface area contributed by atoms with E-state index < -0.39 is 0 Å². The van der Waals surface area contributed by atoms with E-state index in [9.17, 15) is 5.11 Å². The van der Waals surface area contributed by atoms with Crippen LogP contribution in [-0.2, 0) is 4.74 Å². The molecule has 0 radical (unpaired) electrons. The number of imidazole rings is 1. The van der Waals surface area contributed by atoms with E-state index in [0.717, 1.165) is 59.4 Å². The molecule has 1 fully saturated rings. The molecule has 150 valence electrons. The Labute approximate surface area is 170 Å². The molecule has 0 saturated heterocycles. The van der Waals surface area contributed by atoms with Crippen LogP contribution >= 0.6 is 0 Å². The van der Waals surface area contributed by atoms with Crippen LogP contribution < -0.4 is 5.32 Å². The molecule has 1 aromatic carbocycles. The number of rotatable bonds is 5. The number of fused-ring (bicyclic) bond motifs is 1. The molecule has 6 nitrogen and oxygen atoms in total. The lowest BCUT2D eigenvalue weighted by Gasteiger charge is -2.28. The number of anilines is 1. The van der Waals surface area contributed by atoms with Crippen molar-refractivity contribution in [2.75, 3.05) is 5.32 Å². The van der Waals surface area contributed by atoms with Gasteiger partial charge in [0.15, 0.2) is 0 Å². The zero-order valence-corrected chi connectivity index (χ0v) is 16.6. The van der Waals surface area contributed by atoms with Crippen LogP contribution in [0.4, 0.5) is 5.69 Å². The summed E-state index contributed by atoms with van der Waals surface area (Å²) in [7, 11) is 0. The maximum atomic E-state index is 9.74. The number of hydrogen-bond donors (Lipinski definition) is 3. The van der Waals surface area contributed by atoms with E-state index in [4.69, 9.17) is 9.73 Å². The van der Waals surface area contributed by atoms with E-state index in [1.54, 1.807) is 6.33 Å². The number of aliphatic hydroxyl groups is 1. The number of allylic oxidation sites excluding steroid dienone is 5. The third-order valence-electron chi connectivity index (χ3n) is 5.23. The van der Waals surface area contributed by atoms with Crippen molar-refractivity contribution in [1.29, 1.82) is 0 Å². The molecule has 1 heterocycles. The number of aromatic amines is 1. The molecule has 1 saturated carbocycles. The predicted molar refractivity (Wildman–Crippen MR) is 117 cm³/mol. The van der Waals surface area contributed by atoms with Gasteiger partial charge in [-0.25, -0.2) is 9.98 Å². The number of H-pyrrole nitrogens is 1. The van der Waals surface area contributed by atoms with Crippen LogP contribution in [0, 0.1) is 0 Å². The highest BCUT2D eigenvalue weighted by Crippen LogP contribution is 2.27. The molecule has 0 atom stereocenters. The Kier molecular flexibility index (Phi) is 5.62. The summed E-state index contributed by atoms with van der Waals surface area (Å²) in [5, 5.41) is 13.0. The van der Waals surface area contributed by atoms with Crippen molar-refractivity contribution >= 4 is 22.4 Å². The lowest BCUT2D eigenvalue weighted by molar-refractivity contribution is 0.0379. The van der Waals surface area contributed by atoms with Crippen molar-refractivity contribution in [3.63, 3.8) is 0 Å². The Morgan fingerprint density at radius 1 is 1.34 bits per heavy atom. The van der Waals surface area contributed by atoms with E-state index in [1.165, 1.54) is 0 Å². The Hall–Kier alpha value is -3.12. The minimum absolute atomic E-state index is 0.100. The fourth-order valence-corrected chi connectivity index (χ4v) is 3.67. The molecular weight excluding hydrogens is 364 g/mol. The van der Waals surface area contributed by atoms with Gasteiger partial charge in [0, 0.05) is 5.69 Å². The lowest BCUT2D eigenvalue weighted by atomic mass is 9.94. The number of nitrogens with zero attached hydrogens (tertiary/aromatic N) is 2. The van der Waals surface area contributed by atoms with Crippen LogP contribution in [0.1, 0.15) is 32.6 Å². The fourth-order valence-electron chi connectivity index (χ4n) is 3.67. The Morgan fingerprint density at radius 3 is 2.97 bits per heavy atom. The van der Waals surface area contributed by atoms with Crippen LogP contribution in [0.5, 0.6) is 0 Å². The summed E-state index contributed by atoms with van der Waals surface area (Å²) in [5.41, 5.74) is 4.51. The van der Waals surface area contributed by atoms with Crippen LogP contribution in [0.15, 0.2) is 77.6 Å². The molecule has 2 aliphatic carbocycles. The smallest absolute Gasteiger partial charge is 0.146 e. The maximum Gasteiger partial charge on any atom is 0.146 e. The third kappa shape index (κ3) is 4.49. The van der Waals surface area contributed by atoms with Gasteiger partial charge in [-0.15, -0.1) is 0 Å². The highest BCUT2D eigenvalue weighted by Gasteiger charge is 2.24. The molecular formula is C23H26N4O2. The number of hydrogen-bond acceptors (Lipinski definition) is 5. The number of benzene rings is 1. The molecule has 0 amide bonds. The van der Waals surface area contributed by atoms with Gasteiger partial charge in [-0.3, -0.25) is 0 Å². The van der Waals surface area contributed by atoms with Crippen LogP contribution in [0.2, 0.25) is 0 Å². The summed E-state index contributed by atoms with van der Waals surface area (Å²) in [4.78, 5) is 12.1. The number of ether oxygens (including phenoxy) is 1. The molecule has 0 unspecified atom stereocenters. The number of aliphatic hydroxyl groups excluding tert-OH is 1. The highest BCUT2D eigenvalue weighted by molar-refractivity contribution is 6.14. The monoisotopic (exact) mass is 390 g/mol. The molecule has 2 aliphatic rings. The second kappa shape index (κ2) is 8.49. The summed E-state index contributed by atoms with van der Waals surface area (Å²) >= 11 is 0. The van der Waals surface area contributed by atoms with Crippen molar-refractivity contribution in [3.8, 4) is 0 Å². The zero-order chi connectivity index (χ0) is 20.2. The second-order valence-corrected chi connectivity index (χ2v) is 7.35. The minimum Gasteiger partial charge on any atom is -0.488 e. The number of aliphatic imine (C=N–C) groups is 1. The van der Waals surface area contributed by atoms with E-state index in [0.29, 0.717) is 5.82 Å². The van der Waals surface area contributed by atoms with Gasteiger partial charge in [0.05, 0.1) is 29.6 Å². The molecule has 4 rings (SSSR count). The van der Waals surface area contributed by atoms with Crippen LogP contribution in [0.3, 0.4) is 0 Å². The first-order valence-electron chi connectivity index (χ1n) is 10.0. The Morgan fingerprint density at radius 2 is 2.17 bits per heavy atom. The summed E-state index contributed by atoms with van der Waals surface area (Å²) in [5.74, 6) is 1.27. The fraction of sp³-hybridized carbons (Fsp3) is 0.304. The van der Waals surface area contributed by atoms with Crippen molar-refractivity contribution in [2.45, 2.75) is 44.8 Å². The summed E-state index contributed by atoms with van der Waals surface area (Å²) in [6.07, 6.45) is 12.8. The Bertz CT molecular complexity index is 1020. The molecule has 1 aromatic heterocycles. The zero-order valence-electron chi connectivity index (χ0n) is 16.6. The molecule has 3 N–H and O–H groups in total. The maximum absolute atomic E-state index is 9.74. The lowest BCUT2D eigenvalue weighted by Crippen LogP contribution is -2.26. The van der Waals surface area contributed by atoms with Crippen LogP contribution in [-0.4, -0.2) is 33.0 Å². The topological polar surface area (TPSA) is 82.5 Å². The first kappa shape index (κ1) is 19.2. The van der Waals surface area contributed by atoms with E-state index >= 15 is 0 Å². The number of nitrogens with one attached hydrogen (secondary N) is 2. The average molecular weight is 390 g/mol. The van der Waals surface area contributed by atoms with E-state index in [1.807, 2.05) is 49.4 Å². The van der Waals surface area contributed by atoms with Crippen molar-refractivity contribution in [2.24, 2.45) is 4.99 Å². The summed E-state index contributed by atoms with van der Waals surface area (Å²) in [6, 6.07) is 5.87. The van der Waals surface area contributed by atoms with Crippen molar-refractivity contribution in [1.82, 2.24) is 9.97 Å². The molecule has 6 heteroatoms. The summed E-state index contributed by atoms with van der Waals surface area (Å²) in [6.45, 7) is 6.06. The first-order valence-corrected chi connectivity index (χ1v) is 10.0. The van der Waals surface area contributed by atoms with Gasteiger partial charge in [0.2, 0.25) is 0 Å². The van der Waals surface area contributed by atoms with Gasteiger partial charge in [-0.1, -0.05) is 24.8 Å². The normalized spacial score (nSPS) is 24.7. The van der Waals surface area contributed by atoms with Gasteiger partial charge in [0.1, 0.15) is 17.3 Å². The van der Waals surface area contributed by atoms with Gasteiger partial charge in [-0.2, -0.15) is 0 Å². The van der Waals surface area contributed by atoms with Crippen molar-refractivity contribution < 1.29 is 9.84 Å². The summed E-state index contributed by atoms with van der Waals surface area (Å²) < 4.78 is 6.27. The molecule has 0 spiro atoms. The van der Waals surface area contributed by atoms with Crippen LogP contribution in [0.25, 0.3) is 11.0 Å². The number of aromatic nitrogens is 2. The quantitative estimate of drug-likeness (QED) is 0.696. The van der Waals surface area contributed by atoms with Gasteiger partial charge in [-0.05, 0) is 62.5 Å². The molecule has 29 heavy (non-hydrogen) atoms. The highest BCUT2D eigenvalue weighted by atomic mass is 16.5. The first-order chi connectivity index (χ1) is 14.1. The molecule has 0 bridgehead atoms. The molecule has 0 aliphatic heterocycles. The van der Waals surface area contributed by atoms with Gasteiger partial charge < -0.3 is 20.1 Å². The second-order valence-electron chi connectivity index (χ2n) is 7.35. The van der Waals surface area contributed by atoms with Gasteiger partial charge in [0.25, 0.3) is 0 Å².